The minimum Gasteiger partial charge on any atom is -0.375 e. The summed E-state index contributed by atoms with van der Waals surface area (Å²) in [6.07, 6.45) is 0. The molecule has 0 atom stereocenters. The van der Waals surface area contributed by atoms with Crippen molar-refractivity contribution in [3.05, 3.63) is 5.38 Å². The maximum absolute atomic E-state index is 6.84. The molecule has 1 radical (unpaired) electrons. The summed E-state index contributed by atoms with van der Waals surface area (Å²) in [5.74, 6) is 0.252. The van der Waals surface area contributed by atoms with Crippen molar-refractivity contribution in [2.45, 2.75) is 0 Å². The summed E-state index contributed by atoms with van der Waals surface area (Å²) in [4.78, 5) is 3.57. The summed E-state index contributed by atoms with van der Waals surface area (Å²) in [6, 6.07) is 0. The van der Waals surface area contributed by atoms with Crippen molar-refractivity contribution in [2.24, 2.45) is 0 Å². The second kappa shape index (κ2) is 1.38. The summed E-state index contributed by atoms with van der Waals surface area (Å²) in [7, 11) is 0. The molecule has 0 aliphatic heterocycles. The number of nitrogens with one attached hydrogen (secondary N) is 1. The van der Waals surface area contributed by atoms with Crippen molar-refractivity contribution in [3.8, 4) is 0 Å². The Kier molecular flexibility index (Phi) is 0.867. The third-order valence-electron chi connectivity index (χ3n) is 0.522. The predicted molar refractivity (Wildman–Crippen MR) is 29.3 cm³/mol. The number of nitrogens with zero attached hydrogens (tertiary/aromatic N) is 1. The third kappa shape index (κ3) is 0.806. The monoisotopic (exact) mass is 114 g/mol. The molecule has 3 nitrogen and oxygen atoms in total. The van der Waals surface area contributed by atoms with E-state index >= 15 is 0 Å². The average Bonchev–Trinajstić information content (AvgIpc) is 1.87. The fraction of sp³-hybridized carbons (Fsp3) is 0. The van der Waals surface area contributed by atoms with Crippen molar-refractivity contribution in [1.29, 1.82) is 0 Å². The van der Waals surface area contributed by atoms with E-state index in [4.69, 9.17) is 11.5 Å². The molecule has 1 aromatic rings. The zero-order valence-corrected chi connectivity index (χ0v) is 4.33. The van der Waals surface area contributed by atoms with Gasteiger partial charge < -0.3 is 5.73 Å². The van der Waals surface area contributed by atoms with Crippen LogP contribution in [0.2, 0.25) is 0 Å². The first kappa shape index (κ1) is 4.39. The predicted octanol–water partition coefficient (Wildman–Crippen LogP) is 0.640. The van der Waals surface area contributed by atoms with Crippen LogP contribution in [0.25, 0.3) is 0 Å². The molecule has 0 amide bonds. The molecule has 0 saturated heterocycles. The van der Waals surface area contributed by atoms with E-state index in [1.807, 2.05) is 0 Å². The van der Waals surface area contributed by atoms with Gasteiger partial charge in [0.15, 0.2) is 10.9 Å². The minimum absolute atomic E-state index is 0.252. The van der Waals surface area contributed by atoms with Gasteiger partial charge in [0, 0.05) is 5.38 Å². The number of aromatic nitrogens is 1. The van der Waals surface area contributed by atoms with Crippen LogP contribution in [0, 0.1) is 0 Å². The first-order valence-electron chi connectivity index (χ1n) is 1.71. The van der Waals surface area contributed by atoms with Crippen LogP contribution in [0.1, 0.15) is 0 Å². The molecule has 1 aromatic heterocycles. The lowest BCUT2D eigenvalue weighted by atomic mass is 10.8. The van der Waals surface area contributed by atoms with Crippen LogP contribution in [0.3, 0.4) is 0 Å². The number of nitrogen functional groups attached to an aromatic ring is 1. The highest BCUT2D eigenvalue weighted by molar-refractivity contribution is 7.13. The maximum atomic E-state index is 6.84. The van der Waals surface area contributed by atoms with Crippen molar-refractivity contribution >= 4 is 22.3 Å². The molecule has 0 bridgehead atoms. The van der Waals surface area contributed by atoms with Crippen molar-refractivity contribution in [2.75, 3.05) is 5.73 Å². The summed E-state index contributed by atoms with van der Waals surface area (Å²) in [5.41, 5.74) is 12.0. The standard InChI is InChI=1S/C3H4N3S/c4-2-1-7-3(5)6-2/h1,4H,(H2,5,6). The Bertz CT molecular complexity index is 142. The fourth-order valence-electron chi connectivity index (χ4n) is 0.288. The molecule has 0 saturated carbocycles. The Labute approximate surface area is 45.0 Å². The highest BCUT2D eigenvalue weighted by Crippen LogP contribution is 2.12. The quantitative estimate of drug-likeness (QED) is 0.538. The molecule has 1 rings (SSSR count). The molecule has 4 heteroatoms. The maximum Gasteiger partial charge on any atom is 0.182 e. The van der Waals surface area contributed by atoms with Gasteiger partial charge in [-0.1, -0.05) is 0 Å². The van der Waals surface area contributed by atoms with E-state index in [-0.39, 0.29) is 5.82 Å². The summed E-state index contributed by atoms with van der Waals surface area (Å²) >= 11 is 1.28. The van der Waals surface area contributed by atoms with Gasteiger partial charge >= 0.3 is 0 Å². The average molecular weight is 114 g/mol. The van der Waals surface area contributed by atoms with Gasteiger partial charge in [-0.25, -0.2) is 4.98 Å². The largest absolute Gasteiger partial charge is 0.375 e. The van der Waals surface area contributed by atoms with E-state index in [1.165, 1.54) is 11.3 Å². The SMILES string of the molecule is [NH]c1csc(N)n1. The van der Waals surface area contributed by atoms with Gasteiger partial charge in [0.05, 0.1) is 0 Å². The van der Waals surface area contributed by atoms with Crippen molar-refractivity contribution in [1.82, 2.24) is 10.7 Å². The van der Waals surface area contributed by atoms with E-state index in [9.17, 15) is 0 Å². The minimum atomic E-state index is 0.252. The molecule has 0 fully saturated rings. The second-order valence-electron chi connectivity index (χ2n) is 1.07. The Morgan fingerprint density at radius 2 is 2.57 bits per heavy atom. The van der Waals surface area contributed by atoms with Gasteiger partial charge in [0.25, 0.3) is 0 Å². The van der Waals surface area contributed by atoms with Gasteiger partial charge in [-0.05, 0) is 0 Å². The van der Waals surface area contributed by atoms with E-state index in [1.54, 1.807) is 5.38 Å². The summed E-state index contributed by atoms with van der Waals surface area (Å²) < 4.78 is 0. The van der Waals surface area contributed by atoms with Crippen LogP contribution in [0.4, 0.5) is 10.9 Å². The van der Waals surface area contributed by atoms with E-state index in [0.717, 1.165) is 0 Å². The van der Waals surface area contributed by atoms with Gasteiger partial charge in [-0.2, -0.15) is 0 Å². The van der Waals surface area contributed by atoms with E-state index < -0.39 is 0 Å². The van der Waals surface area contributed by atoms with Crippen molar-refractivity contribution < 1.29 is 0 Å². The van der Waals surface area contributed by atoms with Gasteiger partial charge in [-0.15, -0.1) is 11.3 Å². The number of anilines is 1. The van der Waals surface area contributed by atoms with E-state index in [0.29, 0.717) is 5.13 Å². The lowest BCUT2D eigenvalue weighted by molar-refractivity contribution is 1.32. The number of thiazole rings is 1. The number of nitrogens with two attached hydrogens (primary N) is 1. The summed E-state index contributed by atoms with van der Waals surface area (Å²) in [5, 5.41) is 2.06. The molecular formula is C3H4N3S. The molecule has 37 valence electrons. The Balaban J connectivity index is 3.04. The van der Waals surface area contributed by atoms with Gasteiger partial charge in [0.1, 0.15) is 0 Å². The molecule has 3 N–H and O–H groups in total. The smallest absolute Gasteiger partial charge is 0.182 e. The van der Waals surface area contributed by atoms with Crippen LogP contribution in [-0.2, 0) is 0 Å². The number of rotatable bonds is 0. The second-order valence-corrected chi connectivity index (χ2v) is 1.96. The molecule has 0 aliphatic carbocycles. The first-order valence-corrected chi connectivity index (χ1v) is 2.59. The van der Waals surface area contributed by atoms with Crippen LogP contribution >= 0.6 is 11.3 Å². The Morgan fingerprint density at radius 1 is 1.86 bits per heavy atom. The molecule has 1 heterocycles. The molecule has 0 aliphatic rings. The normalized spacial score (nSPS) is 9.14. The topological polar surface area (TPSA) is 62.7 Å². The van der Waals surface area contributed by atoms with E-state index in [2.05, 4.69) is 4.98 Å². The molecular weight excluding hydrogens is 110 g/mol. The molecule has 0 spiro atoms. The molecule has 7 heavy (non-hydrogen) atoms. The zero-order valence-electron chi connectivity index (χ0n) is 3.51. The van der Waals surface area contributed by atoms with Crippen LogP contribution in [-0.4, -0.2) is 4.98 Å². The summed E-state index contributed by atoms with van der Waals surface area (Å²) in [6.45, 7) is 0. The first-order chi connectivity index (χ1) is 3.29. The highest BCUT2D eigenvalue weighted by Gasteiger charge is 1.88. The van der Waals surface area contributed by atoms with Crippen LogP contribution in [0.5, 0.6) is 0 Å². The Morgan fingerprint density at radius 3 is 2.71 bits per heavy atom. The molecule has 0 unspecified atom stereocenters. The zero-order chi connectivity index (χ0) is 5.28. The third-order valence-corrected chi connectivity index (χ3v) is 1.20. The lowest BCUT2D eigenvalue weighted by Crippen LogP contribution is -1.79. The highest BCUT2D eigenvalue weighted by atomic mass is 32.1. The van der Waals surface area contributed by atoms with Gasteiger partial charge in [0.2, 0.25) is 0 Å². The van der Waals surface area contributed by atoms with Crippen molar-refractivity contribution in [3.63, 3.8) is 0 Å². The lowest BCUT2D eigenvalue weighted by Gasteiger charge is -1.71. The number of hydrogen-bond acceptors (Lipinski definition) is 3. The van der Waals surface area contributed by atoms with Gasteiger partial charge in [-0.3, -0.25) is 5.73 Å². The van der Waals surface area contributed by atoms with Crippen LogP contribution in [0.15, 0.2) is 5.38 Å². The fourth-order valence-corrected chi connectivity index (χ4v) is 0.724. The number of hydrogen-bond donors (Lipinski definition) is 1. The molecule has 0 aromatic carbocycles. The Hall–Kier alpha value is -0.770. The van der Waals surface area contributed by atoms with Crippen LogP contribution < -0.4 is 11.5 Å².